The lowest BCUT2D eigenvalue weighted by Gasteiger charge is -2.31. The maximum absolute atomic E-state index is 13.2. The predicted molar refractivity (Wildman–Crippen MR) is 130 cm³/mol. The lowest BCUT2D eigenvalue weighted by atomic mass is 10.1. The lowest BCUT2D eigenvalue weighted by Crippen LogP contribution is -2.53. The van der Waals surface area contributed by atoms with Crippen LogP contribution in [0.25, 0.3) is 0 Å². The number of ether oxygens (including phenoxy) is 2. The second kappa shape index (κ2) is 11.4. The summed E-state index contributed by atoms with van der Waals surface area (Å²) in [7, 11) is 1.60. The largest absolute Gasteiger partial charge is 0.497 e. The quantitative estimate of drug-likeness (QED) is 0.535. The summed E-state index contributed by atoms with van der Waals surface area (Å²) in [5.74, 6) is 0.831. The van der Waals surface area contributed by atoms with Crippen molar-refractivity contribution in [3.05, 3.63) is 58.1 Å². The molecule has 1 N–H and O–H groups in total. The second-order valence-electron chi connectivity index (χ2n) is 8.69. The van der Waals surface area contributed by atoms with Crippen molar-refractivity contribution in [2.45, 2.75) is 59.2 Å². The third-order valence-corrected chi connectivity index (χ3v) is 5.55. The van der Waals surface area contributed by atoms with Crippen LogP contribution in [0.1, 0.15) is 45.7 Å². The van der Waals surface area contributed by atoms with E-state index in [9.17, 15) is 9.59 Å². The van der Waals surface area contributed by atoms with E-state index in [0.29, 0.717) is 5.75 Å². The molecule has 32 heavy (non-hydrogen) atoms. The number of rotatable bonds is 9. The van der Waals surface area contributed by atoms with Gasteiger partial charge in [0.05, 0.1) is 11.6 Å². The number of aryl methyl sites for hydroxylation is 1. The molecule has 2 aromatic carbocycles. The SMILES string of the molecule is CCc1ccc(OCC(=O)N(Cc2ccc(OC)cc2)[C@@H](C)C(=O)NC(C)(C)C)c(Br)c1. The zero-order valence-electron chi connectivity index (χ0n) is 19.7. The normalized spacial score (nSPS) is 12.1. The summed E-state index contributed by atoms with van der Waals surface area (Å²) in [6.07, 6.45) is 0.911. The molecule has 0 saturated carbocycles. The molecule has 2 rings (SSSR count). The van der Waals surface area contributed by atoms with Gasteiger partial charge in [0.25, 0.3) is 5.91 Å². The monoisotopic (exact) mass is 504 g/mol. The molecule has 6 nitrogen and oxygen atoms in total. The maximum Gasteiger partial charge on any atom is 0.261 e. The molecule has 0 aliphatic carbocycles. The molecule has 7 heteroatoms. The number of nitrogens with one attached hydrogen (secondary N) is 1. The molecule has 0 heterocycles. The Morgan fingerprint density at radius 2 is 1.72 bits per heavy atom. The Kier molecular flexibility index (Phi) is 9.13. The van der Waals surface area contributed by atoms with Crippen molar-refractivity contribution in [3.8, 4) is 11.5 Å². The number of methoxy groups -OCH3 is 1. The van der Waals surface area contributed by atoms with Gasteiger partial charge in [0.2, 0.25) is 5.91 Å². The van der Waals surface area contributed by atoms with Crippen LogP contribution in [0.3, 0.4) is 0 Å². The number of hydrogen-bond donors (Lipinski definition) is 1. The van der Waals surface area contributed by atoms with Gasteiger partial charge in [-0.1, -0.05) is 25.1 Å². The Bertz CT molecular complexity index is 923. The average Bonchev–Trinajstić information content (AvgIpc) is 2.75. The summed E-state index contributed by atoms with van der Waals surface area (Å²) in [5.41, 5.74) is 1.66. The van der Waals surface area contributed by atoms with Crippen molar-refractivity contribution in [2.24, 2.45) is 0 Å². The standard InChI is InChI=1S/C25H33BrN2O4/c1-7-18-10-13-22(21(26)14-18)32-16-23(29)28(17(2)24(30)27-25(3,4)5)15-19-8-11-20(31-6)12-9-19/h8-14,17H,7,15-16H2,1-6H3,(H,27,30)/t17-/m0/s1. The zero-order valence-corrected chi connectivity index (χ0v) is 21.3. The van der Waals surface area contributed by atoms with Gasteiger partial charge < -0.3 is 19.7 Å². The van der Waals surface area contributed by atoms with E-state index < -0.39 is 11.6 Å². The minimum atomic E-state index is -0.668. The fraction of sp³-hybridized carbons (Fsp3) is 0.440. The first-order chi connectivity index (χ1) is 15.0. The number of carbonyl (C=O) groups is 2. The molecule has 0 spiro atoms. The summed E-state index contributed by atoms with van der Waals surface area (Å²) < 4.78 is 11.8. The number of amides is 2. The molecule has 0 aliphatic rings. The van der Waals surface area contributed by atoms with Crippen molar-refractivity contribution in [1.82, 2.24) is 10.2 Å². The Balaban J connectivity index is 2.19. The number of nitrogens with zero attached hydrogens (tertiary/aromatic N) is 1. The highest BCUT2D eigenvalue weighted by molar-refractivity contribution is 9.10. The highest BCUT2D eigenvalue weighted by Crippen LogP contribution is 2.26. The lowest BCUT2D eigenvalue weighted by molar-refractivity contribution is -0.142. The first-order valence-corrected chi connectivity index (χ1v) is 11.5. The fourth-order valence-electron chi connectivity index (χ4n) is 3.09. The van der Waals surface area contributed by atoms with Crippen molar-refractivity contribution in [3.63, 3.8) is 0 Å². The van der Waals surface area contributed by atoms with Gasteiger partial charge in [-0.25, -0.2) is 0 Å². The van der Waals surface area contributed by atoms with E-state index >= 15 is 0 Å². The third-order valence-electron chi connectivity index (χ3n) is 4.93. The molecule has 174 valence electrons. The number of hydrogen-bond acceptors (Lipinski definition) is 4. The molecule has 0 fully saturated rings. The first kappa shape index (κ1) is 25.7. The summed E-state index contributed by atoms with van der Waals surface area (Å²) >= 11 is 3.50. The van der Waals surface area contributed by atoms with Crippen molar-refractivity contribution in [2.75, 3.05) is 13.7 Å². The molecular weight excluding hydrogens is 472 g/mol. The van der Waals surface area contributed by atoms with Crippen LogP contribution >= 0.6 is 15.9 Å². The molecule has 2 aromatic rings. The van der Waals surface area contributed by atoms with Crippen LogP contribution in [0.4, 0.5) is 0 Å². The Labute approximate surface area is 199 Å². The Morgan fingerprint density at radius 3 is 2.25 bits per heavy atom. The molecule has 0 aliphatic heterocycles. The van der Waals surface area contributed by atoms with E-state index in [-0.39, 0.29) is 25.0 Å². The summed E-state index contributed by atoms with van der Waals surface area (Å²) in [6, 6.07) is 12.6. The minimum Gasteiger partial charge on any atom is -0.497 e. The smallest absolute Gasteiger partial charge is 0.261 e. The Morgan fingerprint density at radius 1 is 1.09 bits per heavy atom. The maximum atomic E-state index is 13.2. The van der Waals surface area contributed by atoms with E-state index in [1.807, 2.05) is 63.2 Å². The first-order valence-electron chi connectivity index (χ1n) is 10.7. The van der Waals surface area contributed by atoms with Crippen LogP contribution in [0.5, 0.6) is 11.5 Å². The van der Waals surface area contributed by atoms with Gasteiger partial charge in [-0.05, 0) is 85.4 Å². The zero-order chi connectivity index (χ0) is 23.9. The summed E-state index contributed by atoms with van der Waals surface area (Å²) in [4.78, 5) is 27.5. The Hall–Kier alpha value is -2.54. The van der Waals surface area contributed by atoms with Crippen LogP contribution in [0, 0.1) is 0 Å². The number of halogens is 1. The molecule has 0 aromatic heterocycles. The number of carbonyl (C=O) groups excluding carboxylic acids is 2. The summed E-state index contributed by atoms with van der Waals surface area (Å²) in [5, 5.41) is 2.95. The molecule has 0 bridgehead atoms. The predicted octanol–water partition coefficient (Wildman–Crippen LogP) is 4.73. The molecule has 0 radical (unpaired) electrons. The second-order valence-corrected chi connectivity index (χ2v) is 9.55. The van der Waals surface area contributed by atoms with Gasteiger partial charge in [0, 0.05) is 12.1 Å². The minimum absolute atomic E-state index is 0.173. The van der Waals surface area contributed by atoms with Crippen LogP contribution in [0.15, 0.2) is 46.9 Å². The molecule has 0 saturated heterocycles. The van der Waals surface area contributed by atoms with Gasteiger partial charge in [0.1, 0.15) is 17.5 Å². The van der Waals surface area contributed by atoms with Gasteiger partial charge in [-0.3, -0.25) is 9.59 Å². The van der Waals surface area contributed by atoms with Crippen molar-refractivity contribution >= 4 is 27.7 Å². The van der Waals surface area contributed by atoms with E-state index in [0.717, 1.165) is 22.2 Å². The fourth-order valence-corrected chi connectivity index (χ4v) is 3.63. The van der Waals surface area contributed by atoms with Gasteiger partial charge in [-0.15, -0.1) is 0 Å². The van der Waals surface area contributed by atoms with E-state index in [1.54, 1.807) is 14.0 Å². The third kappa shape index (κ3) is 7.55. The van der Waals surface area contributed by atoms with Gasteiger partial charge in [-0.2, -0.15) is 0 Å². The van der Waals surface area contributed by atoms with Crippen LogP contribution in [0.2, 0.25) is 0 Å². The average molecular weight is 505 g/mol. The van der Waals surface area contributed by atoms with Crippen molar-refractivity contribution < 1.29 is 19.1 Å². The van der Waals surface area contributed by atoms with E-state index in [1.165, 1.54) is 10.5 Å². The van der Waals surface area contributed by atoms with Crippen molar-refractivity contribution in [1.29, 1.82) is 0 Å². The topological polar surface area (TPSA) is 67.9 Å². The highest BCUT2D eigenvalue weighted by Gasteiger charge is 2.28. The van der Waals surface area contributed by atoms with Crippen LogP contribution in [-0.2, 0) is 22.6 Å². The highest BCUT2D eigenvalue weighted by atomic mass is 79.9. The van der Waals surface area contributed by atoms with Gasteiger partial charge >= 0.3 is 0 Å². The molecule has 1 atom stereocenters. The van der Waals surface area contributed by atoms with E-state index in [2.05, 4.69) is 28.2 Å². The molecule has 2 amide bonds. The van der Waals surface area contributed by atoms with E-state index in [4.69, 9.17) is 9.47 Å². The molecule has 0 unspecified atom stereocenters. The van der Waals surface area contributed by atoms with Gasteiger partial charge in [0.15, 0.2) is 6.61 Å². The number of benzene rings is 2. The van der Waals surface area contributed by atoms with Crippen LogP contribution in [-0.4, -0.2) is 42.0 Å². The molecular formula is C25H33BrN2O4. The summed E-state index contributed by atoms with van der Waals surface area (Å²) in [6.45, 7) is 9.64. The van der Waals surface area contributed by atoms with Crippen LogP contribution < -0.4 is 14.8 Å².